The largest absolute Gasteiger partial charge is 0.372 e. The van der Waals surface area contributed by atoms with Crippen molar-refractivity contribution >= 4 is 23.2 Å². The van der Waals surface area contributed by atoms with E-state index in [1.165, 1.54) is 68.2 Å². The van der Waals surface area contributed by atoms with Gasteiger partial charge >= 0.3 is 0 Å². The molecule has 4 aliphatic heterocycles. The second kappa shape index (κ2) is 23.7. The molecular weight excluding hydrogens is 769 g/mol. The van der Waals surface area contributed by atoms with Crippen molar-refractivity contribution in [2.24, 2.45) is 11.8 Å². The van der Waals surface area contributed by atoms with E-state index in [2.05, 4.69) is 87.1 Å². The first-order valence-corrected chi connectivity index (χ1v) is 23.0. The van der Waals surface area contributed by atoms with Crippen LogP contribution in [0.25, 0.3) is 0 Å². The molecule has 6 fully saturated rings. The van der Waals surface area contributed by atoms with E-state index >= 15 is 0 Å². The first kappa shape index (κ1) is 46.8. The lowest BCUT2D eigenvalue weighted by molar-refractivity contribution is 0.0552. The van der Waals surface area contributed by atoms with Gasteiger partial charge < -0.3 is 29.5 Å². The first-order valence-electron chi connectivity index (χ1n) is 23.0. The van der Waals surface area contributed by atoms with Gasteiger partial charge in [-0.15, -0.1) is 0 Å². The van der Waals surface area contributed by atoms with Crippen LogP contribution in [0.15, 0.2) is 109 Å². The topological polar surface area (TPSA) is 74.4 Å². The predicted molar refractivity (Wildman–Crippen MR) is 252 cm³/mol. The molecule has 329 valence electrons. The first-order chi connectivity index (χ1) is 29.5. The molecule has 10 rings (SSSR count). The van der Waals surface area contributed by atoms with Gasteiger partial charge in [0.25, 0.3) is 11.8 Å². The molecule has 5 radical (unpaired) electrons. The molecule has 3 unspecified atom stereocenters. The van der Waals surface area contributed by atoms with Crippen LogP contribution in [-0.4, -0.2) is 74.2 Å². The van der Waals surface area contributed by atoms with Gasteiger partial charge in [-0.2, -0.15) is 0 Å². The molecule has 2 bridgehead atoms. The Morgan fingerprint density at radius 3 is 1.53 bits per heavy atom. The van der Waals surface area contributed by atoms with E-state index in [0.29, 0.717) is 25.0 Å². The van der Waals surface area contributed by atoms with Crippen LogP contribution < -0.4 is 15.1 Å². The monoisotopic (exact) mass is 838 g/mol. The minimum absolute atomic E-state index is 0. The van der Waals surface area contributed by atoms with Crippen molar-refractivity contribution in [1.29, 1.82) is 0 Å². The highest BCUT2D eigenvalue weighted by Gasteiger charge is 2.32. The molecule has 4 saturated heterocycles. The maximum atomic E-state index is 13.1. The lowest BCUT2D eigenvalue weighted by Gasteiger charge is -2.23. The lowest BCUT2D eigenvalue weighted by Crippen LogP contribution is -2.35. The summed E-state index contributed by atoms with van der Waals surface area (Å²) in [5.41, 5.74) is 6.36. The van der Waals surface area contributed by atoms with E-state index in [4.69, 9.17) is 9.47 Å². The van der Waals surface area contributed by atoms with E-state index in [1.54, 1.807) is 0 Å². The van der Waals surface area contributed by atoms with Crippen LogP contribution in [0, 0.1) is 33.1 Å². The Kier molecular flexibility index (Phi) is 17.9. The van der Waals surface area contributed by atoms with E-state index in [1.807, 2.05) is 48.5 Å². The number of amides is 2. The Hall–Kier alpha value is -4.66. The van der Waals surface area contributed by atoms with Gasteiger partial charge in [-0.1, -0.05) is 101 Å². The van der Waals surface area contributed by atoms with E-state index in [0.717, 1.165) is 81.8 Å². The smallest absolute Gasteiger partial charge is 0.253 e. The Labute approximate surface area is 373 Å². The molecular formula is C54H69N4O4. The maximum Gasteiger partial charge on any atom is 0.253 e. The van der Waals surface area contributed by atoms with Crippen molar-refractivity contribution < 1.29 is 19.1 Å². The van der Waals surface area contributed by atoms with Gasteiger partial charge in [0, 0.05) is 67.8 Å². The zero-order chi connectivity index (χ0) is 40.9. The zero-order valence-electron chi connectivity index (χ0n) is 36.9. The number of benzene rings is 4. The van der Waals surface area contributed by atoms with Gasteiger partial charge in [-0.3, -0.25) is 9.59 Å². The van der Waals surface area contributed by atoms with Crippen LogP contribution in [0.1, 0.15) is 109 Å². The van der Waals surface area contributed by atoms with Crippen molar-refractivity contribution in [2.45, 2.75) is 109 Å². The molecule has 8 heteroatoms. The average molecular weight is 838 g/mol. The number of nitrogens with zero attached hydrogens (tertiary/aromatic N) is 3. The van der Waals surface area contributed by atoms with Crippen LogP contribution in [0.3, 0.4) is 0 Å². The molecule has 4 aromatic carbocycles. The maximum absolute atomic E-state index is 13.1. The summed E-state index contributed by atoms with van der Waals surface area (Å²) in [6.45, 7) is 7.03. The molecule has 0 spiro atoms. The van der Waals surface area contributed by atoms with Crippen LogP contribution in [0.5, 0.6) is 0 Å². The normalized spacial score (nSPS) is 22.5. The third kappa shape index (κ3) is 13.2. The van der Waals surface area contributed by atoms with Crippen molar-refractivity contribution in [2.75, 3.05) is 49.1 Å². The molecule has 4 aromatic rings. The summed E-state index contributed by atoms with van der Waals surface area (Å²) in [4.78, 5) is 32.6. The number of nitrogens with one attached hydrogen (secondary N) is 1. The zero-order valence-corrected chi connectivity index (χ0v) is 36.9. The second-order valence-corrected chi connectivity index (χ2v) is 17.8. The summed E-state index contributed by atoms with van der Waals surface area (Å²) >= 11 is 0. The molecule has 2 amide bonds. The van der Waals surface area contributed by atoms with Crippen molar-refractivity contribution in [3.63, 3.8) is 0 Å². The number of carbonyl (C=O) groups excluding carboxylic acids is 2. The number of fused-ring (bicyclic) bond motifs is 4. The quantitative estimate of drug-likeness (QED) is 0.162. The molecule has 6 aliphatic rings. The molecule has 1 N–H and O–H groups in total. The van der Waals surface area contributed by atoms with Gasteiger partial charge in [-0.05, 0) is 129 Å². The van der Waals surface area contributed by atoms with Crippen molar-refractivity contribution in [3.05, 3.63) is 153 Å². The van der Waals surface area contributed by atoms with Crippen LogP contribution in [-0.2, 0) is 22.7 Å². The molecule has 62 heavy (non-hydrogen) atoms. The number of rotatable bonds is 11. The Morgan fingerprint density at radius 1 is 0.532 bits per heavy atom. The Balaban J connectivity index is 0.000000200. The van der Waals surface area contributed by atoms with Gasteiger partial charge in [0.05, 0.1) is 25.4 Å². The molecule has 2 saturated carbocycles. The molecule has 0 aromatic heterocycles. The summed E-state index contributed by atoms with van der Waals surface area (Å²) < 4.78 is 12.2. The number of anilines is 2. The van der Waals surface area contributed by atoms with Gasteiger partial charge in [0.2, 0.25) is 0 Å². The Morgan fingerprint density at radius 2 is 1.02 bits per heavy atom. The summed E-state index contributed by atoms with van der Waals surface area (Å²) in [6, 6.07) is 37.2. The third-order valence-corrected chi connectivity index (χ3v) is 13.4. The van der Waals surface area contributed by atoms with Gasteiger partial charge in [-0.25, -0.2) is 0 Å². The molecule has 3 atom stereocenters. The van der Waals surface area contributed by atoms with Gasteiger partial charge in [0.1, 0.15) is 0 Å². The van der Waals surface area contributed by atoms with Gasteiger partial charge in [0.15, 0.2) is 0 Å². The van der Waals surface area contributed by atoms with Crippen LogP contribution in [0.4, 0.5) is 11.4 Å². The predicted octanol–water partition coefficient (Wildman–Crippen LogP) is 10.5. The lowest BCUT2D eigenvalue weighted by atomic mass is 9.84. The van der Waals surface area contributed by atoms with Crippen LogP contribution >= 0.6 is 0 Å². The SMILES string of the molecule is O=C(NC1[CH]CCCCCC1)c1ccc(N2CCC(OCc3ccccc3)C2)cc1.O=C(c1ccc(N2CCC(OCc3ccccc3)C2)cc1)N1CC2CCC(CC2)C1.[CH2].[CH2]. The minimum Gasteiger partial charge on any atom is -0.372 e. The summed E-state index contributed by atoms with van der Waals surface area (Å²) in [5.74, 6) is 1.67. The number of carbonyl (C=O) groups is 2. The van der Waals surface area contributed by atoms with E-state index < -0.39 is 0 Å². The number of hydrogen-bond donors (Lipinski definition) is 1. The van der Waals surface area contributed by atoms with E-state index in [-0.39, 0.29) is 44.9 Å². The fourth-order valence-corrected chi connectivity index (χ4v) is 9.74. The molecule has 8 nitrogen and oxygen atoms in total. The third-order valence-electron chi connectivity index (χ3n) is 13.4. The summed E-state index contributed by atoms with van der Waals surface area (Å²) in [5, 5.41) is 3.20. The van der Waals surface area contributed by atoms with Crippen LogP contribution in [0.2, 0.25) is 0 Å². The highest BCUT2D eigenvalue weighted by Crippen LogP contribution is 2.35. The minimum atomic E-state index is 0. The summed E-state index contributed by atoms with van der Waals surface area (Å²) in [6.07, 6.45) is 17.3. The summed E-state index contributed by atoms with van der Waals surface area (Å²) in [7, 11) is 0. The molecule has 2 aliphatic carbocycles. The fraction of sp³-hybridized carbons (Fsp3) is 0.463. The standard InChI is InChI=1S/C26H32N2O2.C26H33N2O2.2CH2/c29-26(28-16-20-6-7-21(17-28)9-8-20)23-10-12-24(13-11-23)27-15-14-25(18-27)30-19-22-4-2-1-3-5-22;29-26(27-23-11-7-2-1-3-8-12-23)22-13-15-24(16-14-22)28-18-17-25(19-28)30-20-21-9-5-4-6-10-21;;/h1-5,10-13,20-21,25H,6-9,14-19H2;4-6,9-11,13-16,23,25H,1-3,7-8,12,17-20H2,(H,27,29);2*1H2. The molecule has 4 heterocycles. The average Bonchev–Trinajstić information content (AvgIpc) is 3.87. The number of hydrogen-bond acceptors (Lipinski definition) is 6. The van der Waals surface area contributed by atoms with Crippen molar-refractivity contribution in [1.82, 2.24) is 10.2 Å². The Bertz CT molecular complexity index is 1890. The number of ether oxygens (including phenoxy) is 2. The second-order valence-electron chi connectivity index (χ2n) is 17.8. The highest BCUT2D eigenvalue weighted by atomic mass is 16.5. The highest BCUT2D eigenvalue weighted by molar-refractivity contribution is 5.95. The van der Waals surface area contributed by atoms with Crippen molar-refractivity contribution in [3.8, 4) is 0 Å². The van der Waals surface area contributed by atoms with E-state index in [9.17, 15) is 9.59 Å². The fourth-order valence-electron chi connectivity index (χ4n) is 9.74.